The third kappa shape index (κ3) is 2.12. The molecule has 1 aromatic rings. The number of primary amides is 1. The molecule has 1 aliphatic carbocycles. The number of hydrogen-bond acceptors (Lipinski definition) is 4. The highest BCUT2D eigenvalue weighted by molar-refractivity contribution is 5.96. The molecule has 0 spiro atoms. The van der Waals surface area contributed by atoms with E-state index in [4.69, 9.17) is 16.2 Å². The summed E-state index contributed by atoms with van der Waals surface area (Å²) in [5.74, 6) is -0.0884. The van der Waals surface area contributed by atoms with Crippen molar-refractivity contribution < 1.29 is 9.53 Å². The molecule has 0 radical (unpaired) electrons. The minimum atomic E-state index is -0.517. The molecule has 6 heteroatoms. The lowest BCUT2D eigenvalue weighted by Crippen LogP contribution is -2.34. The van der Waals surface area contributed by atoms with E-state index in [0.29, 0.717) is 17.1 Å². The van der Waals surface area contributed by atoms with Gasteiger partial charge in [-0.05, 0) is 26.2 Å². The predicted octanol–water partition coefficient (Wildman–Crippen LogP) is 0.0860. The second kappa shape index (κ2) is 4.37. The maximum absolute atomic E-state index is 11.4. The van der Waals surface area contributed by atoms with Gasteiger partial charge in [-0.2, -0.15) is 5.10 Å². The number of aromatic nitrogens is 2. The Bertz CT molecular complexity index is 441. The van der Waals surface area contributed by atoms with Crippen molar-refractivity contribution in [2.24, 2.45) is 18.5 Å². The molecule has 2 rings (SSSR count). The van der Waals surface area contributed by atoms with E-state index >= 15 is 0 Å². The van der Waals surface area contributed by atoms with Gasteiger partial charge >= 0.3 is 0 Å². The Morgan fingerprint density at radius 1 is 1.53 bits per heavy atom. The Labute approximate surface area is 99.9 Å². The van der Waals surface area contributed by atoms with Crippen LogP contribution in [0.3, 0.4) is 0 Å². The first-order chi connectivity index (χ1) is 8.00. The zero-order valence-electron chi connectivity index (χ0n) is 10.1. The molecule has 17 heavy (non-hydrogen) atoms. The molecule has 1 amide bonds. The van der Waals surface area contributed by atoms with Gasteiger partial charge in [-0.25, -0.2) is 4.68 Å². The molecule has 0 bridgehead atoms. The molecule has 1 saturated carbocycles. The topological polar surface area (TPSA) is 96.2 Å². The number of hydrogen-bond donors (Lipinski definition) is 2. The number of rotatable bonds is 3. The maximum atomic E-state index is 11.4. The van der Waals surface area contributed by atoms with E-state index in [-0.39, 0.29) is 12.1 Å². The highest BCUT2D eigenvalue weighted by atomic mass is 16.5. The van der Waals surface area contributed by atoms with Gasteiger partial charge in [-0.15, -0.1) is 0 Å². The standard InChI is InChI=1S/C11H18N4O2/c1-6-9(10(13)16)11(15(2)14-6)17-8-5-3-4-7(8)12/h7-8H,3-5,12H2,1-2H3,(H2,13,16). The normalized spacial score (nSPS) is 23.9. The van der Waals surface area contributed by atoms with Gasteiger partial charge in [0.25, 0.3) is 5.91 Å². The molecule has 1 aliphatic rings. The molecule has 2 atom stereocenters. The summed E-state index contributed by atoms with van der Waals surface area (Å²) in [4.78, 5) is 11.4. The van der Waals surface area contributed by atoms with Crippen LogP contribution in [0.1, 0.15) is 35.3 Å². The second-order valence-electron chi connectivity index (χ2n) is 4.50. The lowest BCUT2D eigenvalue weighted by molar-refractivity contribution is 0.0989. The van der Waals surface area contributed by atoms with Gasteiger partial charge in [-0.3, -0.25) is 4.79 Å². The summed E-state index contributed by atoms with van der Waals surface area (Å²) < 4.78 is 7.35. The van der Waals surface area contributed by atoms with Crippen LogP contribution in [0.15, 0.2) is 0 Å². The van der Waals surface area contributed by atoms with E-state index in [9.17, 15) is 4.79 Å². The lowest BCUT2D eigenvalue weighted by Gasteiger charge is -2.18. The predicted molar refractivity (Wildman–Crippen MR) is 62.7 cm³/mol. The van der Waals surface area contributed by atoms with Crippen molar-refractivity contribution in [2.45, 2.75) is 38.3 Å². The fraction of sp³-hybridized carbons (Fsp3) is 0.636. The van der Waals surface area contributed by atoms with Crippen LogP contribution in [0, 0.1) is 6.92 Å². The summed E-state index contributed by atoms with van der Waals surface area (Å²) in [5.41, 5.74) is 12.2. The van der Waals surface area contributed by atoms with Gasteiger partial charge in [0.05, 0.1) is 5.69 Å². The number of ether oxygens (including phenoxy) is 1. The van der Waals surface area contributed by atoms with E-state index < -0.39 is 5.91 Å². The van der Waals surface area contributed by atoms with Crippen molar-refractivity contribution in [3.05, 3.63) is 11.3 Å². The summed E-state index contributed by atoms with van der Waals surface area (Å²) in [6.45, 7) is 1.74. The molecule has 1 heterocycles. The highest BCUT2D eigenvalue weighted by Gasteiger charge is 2.29. The number of carbonyl (C=O) groups is 1. The van der Waals surface area contributed by atoms with Crippen molar-refractivity contribution in [3.63, 3.8) is 0 Å². The molecule has 94 valence electrons. The lowest BCUT2D eigenvalue weighted by atomic mass is 10.2. The van der Waals surface area contributed by atoms with Crippen LogP contribution in [0.2, 0.25) is 0 Å². The highest BCUT2D eigenvalue weighted by Crippen LogP contribution is 2.27. The number of nitrogens with zero attached hydrogens (tertiary/aromatic N) is 2. The average molecular weight is 238 g/mol. The van der Waals surface area contributed by atoms with Crippen LogP contribution in [0.5, 0.6) is 5.88 Å². The minimum Gasteiger partial charge on any atom is -0.472 e. The van der Waals surface area contributed by atoms with Crippen molar-refractivity contribution in [1.29, 1.82) is 0 Å². The van der Waals surface area contributed by atoms with Gasteiger partial charge in [0, 0.05) is 13.1 Å². The zero-order valence-corrected chi connectivity index (χ0v) is 10.1. The quantitative estimate of drug-likeness (QED) is 0.779. The Hall–Kier alpha value is -1.56. The first-order valence-corrected chi connectivity index (χ1v) is 5.76. The monoisotopic (exact) mass is 238 g/mol. The largest absolute Gasteiger partial charge is 0.472 e. The molecule has 6 nitrogen and oxygen atoms in total. The van der Waals surface area contributed by atoms with E-state index in [1.807, 2.05) is 0 Å². The van der Waals surface area contributed by atoms with Crippen LogP contribution in [-0.2, 0) is 7.05 Å². The van der Waals surface area contributed by atoms with Crippen LogP contribution < -0.4 is 16.2 Å². The van der Waals surface area contributed by atoms with Gasteiger partial charge < -0.3 is 16.2 Å². The van der Waals surface area contributed by atoms with Crippen LogP contribution in [-0.4, -0.2) is 27.8 Å². The Morgan fingerprint density at radius 3 is 2.76 bits per heavy atom. The van der Waals surface area contributed by atoms with Gasteiger partial charge in [-0.1, -0.05) is 0 Å². The second-order valence-corrected chi connectivity index (χ2v) is 4.50. The number of nitrogens with two attached hydrogens (primary N) is 2. The fourth-order valence-corrected chi connectivity index (χ4v) is 2.30. The van der Waals surface area contributed by atoms with Crippen LogP contribution in [0.4, 0.5) is 0 Å². The van der Waals surface area contributed by atoms with Crippen LogP contribution >= 0.6 is 0 Å². The summed E-state index contributed by atoms with van der Waals surface area (Å²) in [7, 11) is 1.73. The van der Waals surface area contributed by atoms with Crippen molar-refractivity contribution in [3.8, 4) is 5.88 Å². The van der Waals surface area contributed by atoms with Gasteiger partial charge in [0.1, 0.15) is 11.7 Å². The van der Waals surface area contributed by atoms with E-state index in [1.165, 1.54) is 0 Å². The van der Waals surface area contributed by atoms with Crippen LogP contribution in [0.25, 0.3) is 0 Å². The third-order valence-corrected chi connectivity index (χ3v) is 3.18. The first kappa shape index (κ1) is 11.9. The molecule has 0 aliphatic heterocycles. The molecule has 0 aromatic carbocycles. The van der Waals surface area contributed by atoms with E-state index in [0.717, 1.165) is 19.3 Å². The summed E-state index contributed by atoms with van der Waals surface area (Å²) in [5, 5.41) is 4.15. The molecule has 2 unspecified atom stereocenters. The smallest absolute Gasteiger partial charge is 0.256 e. The maximum Gasteiger partial charge on any atom is 0.256 e. The van der Waals surface area contributed by atoms with Crippen molar-refractivity contribution >= 4 is 5.91 Å². The Morgan fingerprint density at radius 2 is 2.24 bits per heavy atom. The first-order valence-electron chi connectivity index (χ1n) is 5.76. The Kier molecular flexibility index (Phi) is 3.06. The number of amides is 1. The molecular weight excluding hydrogens is 220 g/mol. The number of aryl methyl sites for hydroxylation is 2. The fourth-order valence-electron chi connectivity index (χ4n) is 2.30. The van der Waals surface area contributed by atoms with Gasteiger partial charge in [0.2, 0.25) is 5.88 Å². The molecule has 1 aromatic heterocycles. The van der Waals surface area contributed by atoms with E-state index in [2.05, 4.69) is 5.10 Å². The van der Waals surface area contributed by atoms with Crippen molar-refractivity contribution in [1.82, 2.24) is 9.78 Å². The summed E-state index contributed by atoms with van der Waals surface area (Å²) >= 11 is 0. The van der Waals surface area contributed by atoms with E-state index in [1.54, 1.807) is 18.7 Å². The van der Waals surface area contributed by atoms with Gasteiger partial charge in [0.15, 0.2) is 0 Å². The molecule has 0 saturated heterocycles. The third-order valence-electron chi connectivity index (χ3n) is 3.18. The molecule has 4 N–H and O–H groups in total. The molecular formula is C11H18N4O2. The zero-order chi connectivity index (χ0) is 12.6. The van der Waals surface area contributed by atoms with Crippen molar-refractivity contribution in [2.75, 3.05) is 0 Å². The number of carbonyl (C=O) groups excluding carboxylic acids is 1. The SMILES string of the molecule is Cc1nn(C)c(OC2CCCC2N)c1C(N)=O. The molecule has 1 fully saturated rings. The Balaban J connectivity index is 2.28. The summed E-state index contributed by atoms with van der Waals surface area (Å²) in [6, 6.07) is 0.0194. The minimum absolute atomic E-state index is 0.0194. The average Bonchev–Trinajstić information content (AvgIpc) is 2.73. The summed E-state index contributed by atoms with van der Waals surface area (Å²) in [6.07, 6.45) is 2.86.